The fraction of sp³-hybridized carbons (Fsp3) is 0.294. The van der Waals surface area contributed by atoms with Gasteiger partial charge in [-0.3, -0.25) is 0 Å². The van der Waals surface area contributed by atoms with E-state index in [1.165, 1.54) is 17.2 Å². The van der Waals surface area contributed by atoms with Crippen molar-refractivity contribution >= 4 is 5.69 Å². The molecular formula is C17H21FN2. The summed E-state index contributed by atoms with van der Waals surface area (Å²) in [4.78, 5) is 2.15. The molecule has 0 saturated heterocycles. The highest BCUT2D eigenvalue weighted by molar-refractivity contribution is 5.53. The lowest BCUT2D eigenvalue weighted by Crippen LogP contribution is -2.19. The molecule has 2 aromatic carbocycles. The van der Waals surface area contributed by atoms with E-state index in [1.807, 2.05) is 20.2 Å². The van der Waals surface area contributed by atoms with E-state index in [2.05, 4.69) is 41.4 Å². The molecule has 2 rings (SSSR count). The largest absolute Gasteiger partial charge is 0.370 e. The molecule has 0 unspecified atom stereocenters. The molecule has 0 saturated carbocycles. The van der Waals surface area contributed by atoms with Gasteiger partial charge in [-0.25, -0.2) is 4.39 Å². The number of benzene rings is 2. The van der Waals surface area contributed by atoms with Crippen molar-refractivity contribution in [1.29, 1.82) is 0 Å². The van der Waals surface area contributed by atoms with Gasteiger partial charge < -0.3 is 10.2 Å². The van der Waals surface area contributed by atoms with E-state index in [0.717, 1.165) is 17.8 Å². The maximum atomic E-state index is 13.4. The van der Waals surface area contributed by atoms with Gasteiger partial charge in [0.2, 0.25) is 0 Å². The SMILES string of the molecule is CNCc1cc(F)ccc1N(C)Cc1ccc(C)cc1. The van der Waals surface area contributed by atoms with Gasteiger partial charge in [0.1, 0.15) is 5.82 Å². The maximum Gasteiger partial charge on any atom is 0.123 e. The number of hydrogen-bond donors (Lipinski definition) is 1. The van der Waals surface area contributed by atoms with Crippen molar-refractivity contribution in [2.45, 2.75) is 20.0 Å². The van der Waals surface area contributed by atoms with Gasteiger partial charge in [-0.1, -0.05) is 29.8 Å². The number of halogens is 1. The van der Waals surface area contributed by atoms with Crippen molar-refractivity contribution in [2.24, 2.45) is 0 Å². The first-order chi connectivity index (χ1) is 9.60. The number of nitrogens with one attached hydrogen (secondary N) is 1. The van der Waals surface area contributed by atoms with Crippen LogP contribution in [0.2, 0.25) is 0 Å². The van der Waals surface area contributed by atoms with E-state index < -0.39 is 0 Å². The van der Waals surface area contributed by atoms with Gasteiger partial charge >= 0.3 is 0 Å². The van der Waals surface area contributed by atoms with Crippen LogP contribution in [0.5, 0.6) is 0 Å². The second-order valence-electron chi connectivity index (χ2n) is 5.15. The lowest BCUT2D eigenvalue weighted by Gasteiger charge is -2.23. The Morgan fingerprint density at radius 2 is 1.80 bits per heavy atom. The van der Waals surface area contributed by atoms with Crippen LogP contribution in [0, 0.1) is 12.7 Å². The second kappa shape index (κ2) is 6.53. The Morgan fingerprint density at radius 3 is 2.45 bits per heavy atom. The zero-order valence-corrected chi connectivity index (χ0v) is 12.3. The van der Waals surface area contributed by atoms with Crippen molar-refractivity contribution < 1.29 is 4.39 Å². The number of hydrogen-bond acceptors (Lipinski definition) is 2. The van der Waals surface area contributed by atoms with E-state index in [9.17, 15) is 4.39 Å². The van der Waals surface area contributed by atoms with Crippen LogP contribution in [0.3, 0.4) is 0 Å². The average molecular weight is 272 g/mol. The minimum Gasteiger partial charge on any atom is -0.370 e. The van der Waals surface area contributed by atoms with Gasteiger partial charge in [0.05, 0.1) is 0 Å². The van der Waals surface area contributed by atoms with Crippen molar-refractivity contribution in [1.82, 2.24) is 5.32 Å². The second-order valence-corrected chi connectivity index (χ2v) is 5.15. The zero-order valence-electron chi connectivity index (χ0n) is 12.3. The number of anilines is 1. The Morgan fingerprint density at radius 1 is 1.10 bits per heavy atom. The first kappa shape index (κ1) is 14.5. The quantitative estimate of drug-likeness (QED) is 0.896. The predicted molar refractivity (Wildman–Crippen MR) is 82.4 cm³/mol. The molecule has 0 aromatic heterocycles. The molecule has 3 heteroatoms. The normalized spacial score (nSPS) is 10.6. The van der Waals surface area contributed by atoms with Gasteiger partial charge in [0.25, 0.3) is 0 Å². The summed E-state index contributed by atoms with van der Waals surface area (Å²) in [6, 6.07) is 13.4. The van der Waals surface area contributed by atoms with Crippen LogP contribution in [0.15, 0.2) is 42.5 Å². The third kappa shape index (κ3) is 3.58. The van der Waals surface area contributed by atoms with Gasteiger partial charge in [0.15, 0.2) is 0 Å². The molecule has 20 heavy (non-hydrogen) atoms. The molecule has 2 nitrogen and oxygen atoms in total. The predicted octanol–water partition coefficient (Wildman–Crippen LogP) is 3.49. The van der Waals surface area contributed by atoms with E-state index >= 15 is 0 Å². The summed E-state index contributed by atoms with van der Waals surface area (Å²) < 4.78 is 13.4. The minimum absolute atomic E-state index is 0.192. The van der Waals surface area contributed by atoms with Gasteiger partial charge in [-0.15, -0.1) is 0 Å². The molecule has 0 radical (unpaired) electrons. The lowest BCUT2D eigenvalue weighted by molar-refractivity contribution is 0.623. The van der Waals surface area contributed by atoms with Crippen LogP contribution in [-0.4, -0.2) is 14.1 Å². The number of rotatable bonds is 5. The Kier molecular flexibility index (Phi) is 4.74. The molecule has 106 valence electrons. The van der Waals surface area contributed by atoms with Crippen molar-refractivity contribution in [2.75, 3.05) is 19.0 Å². The van der Waals surface area contributed by atoms with Crippen LogP contribution in [0.1, 0.15) is 16.7 Å². The summed E-state index contributed by atoms with van der Waals surface area (Å²) >= 11 is 0. The summed E-state index contributed by atoms with van der Waals surface area (Å²) in [5.74, 6) is -0.192. The van der Waals surface area contributed by atoms with Crippen LogP contribution in [-0.2, 0) is 13.1 Å². The fourth-order valence-electron chi connectivity index (χ4n) is 2.31. The summed E-state index contributed by atoms with van der Waals surface area (Å²) in [5.41, 5.74) is 4.54. The third-order valence-electron chi connectivity index (χ3n) is 3.36. The molecule has 1 N–H and O–H groups in total. The highest BCUT2D eigenvalue weighted by Crippen LogP contribution is 2.22. The van der Waals surface area contributed by atoms with Crippen LogP contribution < -0.4 is 10.2 Å². The van der Waals surface area contributed by atoms with Crippen LogP contribution in [0.4, 0.5) is 10.1 Å². The first-order valence-electron chi connectivity index (χ1n) is 6.80. The van der Waals surface area contributed by atoms with Gasteiger partial charge in [-0.05, 0) is 43.3 Å². The average Bonchev–Trinajstić information content (AvgIpc) is 2.42. The highest BCUT2D eigenvalue weighted by atomic mass is 19.1. The Balaban J connectivity index is 2.19. The van der Waals surface area contributed by atoms with Crippen molar-refractivity contribution in [3.63, 3.8) is 0 Å². The zero-order chi connectivity index (χ0) is 14.5. The fourth-order valence-corrected chi connectivity index (χ4v) is 2.31. The third-order valence-corrected chi connectivity index (χ3v) is 3.36. The molecule has 0 bridgehead atoms. The molecule has 0 aliphatic heterocycles. The van der Waals surface area contributed by atoms with E-state index in [-0.39, 0.29) is 5.82 Å². The Labute approximate surface area is 120 Å². The van der Waals surface area contributed by atoms with Gasteiger partial charge in [0, 0.05) is 25.8 Å². The molecule has 0 heterocycles. The number of aryl methyl sites for hydroxylation is 1. The monoisotopic (exact) mass is 272 g/mol. The summed E-state index contributed by atoms with van der Waals surface area (Å²) in [6.07, 6.45) is 0. The summed E-state index contributed by atoms with van der Waals surface area (Å²) in [5, 5.41) is 3.08. The number of nitrogens with zero attached hydrogens (tertiary/aromatic N) is 1. The van der Waals surface area contributed by atoms with E-state index in [4.69, 9.17) is 0 Å². The smallest absolute Gasteiger partial charge is 0.123 e. The standard InChI is InChI=1S/C17H21FN2/c1-13-4-6-14(7-5-13)12-20(3)17-9-8-16(18)10-15(17)11-19-2/h4-10,19H,11-12H2,1-3H3. The van der Waals surface area contributed by atoms with Crippen LogP contribution in [0.25, 0.3) is 0 Å². The molecule has 0 amide bonds. The molecule has 0 spiro atoms. The Hall–Kier alpha value is -1.87. The minimum atomic E-state index is -0.192. The molecule has 0 atom stereocenters. The maximum absolute atomic E-state index is 13.4. The Bertz CT molecular complexity index is 564. The molecule has 0 aliphatic carbocycles. The lowest BCUT2D eigenvalue weighted by atomic mass is 10.1. The molecule has 2 aromatic rings. The first-order valence-corrected chi connectivity index (χ1v) is 6.80. The van der Waals surface area contributed by atoms with E-state index in [1.54, 1.807) is 6.07 Å². The topological polar surface area (TPSA) is 15.3 Å². The summed E-state index contributed by atoms with van der Waals surface area (Å²) in [6.45, 7) is 3.55. The van der Waals surface area contributed by atoms with E-state index in [0.29, 0.717) is 6.54 Å². The van der Waals surface area contributed by atoms with Gasteiger partial charge in [-0.2, -0.15) is 0 Å². The van der Waals surface area contributed by atoms with Crippen molar-refractivity contribution in [3.8, 4) is 0 Å². The highest BCUT2D eigenvalue weighted by Gasteiger charge is 2.09. The molecular weight excluding hydrogens is 251 g/mol. The molecule has 0 fully saturated rings. The van der Waals surface area contributed by atoms with Crippen molar-refractivity contribution in [3.05, 3.63) is 65.0 Å². The summed E-state index contributed by atoms with van der Waals surface area (Å²) in [7, 11) is 3.90. The van der Waals surface area contributed by atoms with Crippen LogP contribution >= 0.6 is 0 Å². The molecule has 0 aliphatic rings.